The van der Waals surface area contributed by atoms with E-state index in [-0.39, 0.29) is 0 Å². The van der Waals surface area contributed by atoms with E-state index in [9.17, 15) is 0 Å². The first kappa shape index (κ1) is 20.4. The Bertz CT molecular complexity index is 1000. The van der Waals surface area contributed by atoms with Crippen LogP contribution in [0, 0.1) is 0 Å². The highest BCUT2D eigenvalue weighted by molar-refractivity contribution is 8.02. The van der Waals surface area contributed by atoms with E-state index in [1.54, 1.807) is 34.4 Å². The highest BCUT2D eigenvalue weighted by atomic mass is 32.2. The Morgan fingerprint density at radius 1 is 0.759 bits per heavy atom. The van der Waals surface area contributed by atoms with Crippen molar-refractivity contribution in [2.24, 2.45) is 0 Å². The summed E-state index contributed by atoms with van der Waals surface area (Å²) < 4.78 is 16.0. The fourth-order valence-corrected chi connectivity index (χ4v) is 6.08. The summed E-state index contributed by atoms with van der Waals surface area (Å²) in [5, 5.41) is 0. The molecule has 7 heteroatoms. The SMILES string of the molecule is CCCCOc1ccc2sc(Sc3nc4cc(OCCCC)ccc4s3)nc2c1. The van der Waals surface area contributed by atoms with E-state index in [1.807, 2.05) is 24.3 Å². The molecular weight excluding hydrogens is 420 g/mol. The molecule has 0 aliphatic heterocycles. The summed E-state index contributed by atoms with van der Waals surface area (Å²) in [6.45, 7) is 5.84. The van der Waals surface area contributed by atoms with E-state index in [1.165, 1.54) is 9.40 Å². The van der Waals surface area contributed by atoms with Crippen LogP contribution in [0.15, 0.2) is 45.1 Å². The third kappa shape index (κ3) is 5.21. The lowest BCUT2D eigenvalue weighted by molar-refractivity contribution is 0.309. The Morgan fingerprint density at radius 3 is 1.69 bits per heavy atom. The van der Waals surface area contributed by atoms with Crippen molar-refractivity contribution in [1.29, 1.82) is 0 Å². The highest BCUT2D eigenvalue weighted by Crippen LogP contribution is 2.39. The molecule has 0 bridgehead atoms. The van der Waals surface area contributed by atoms with Crippen LogP contribution in [0.5, 0.6) is 11.5 Å². The van der Waals surface area contributed by atoms with Gasteiger partial charge in [-0.1, -0.05) is 26.7 Å². The molecule has 0 amide bonds. The van der Waals surface area contributed by atoms with Crippen molar-refractivity contribution >= 4 is 54.9 Å². The van der Waals surface area contributed by atoms with E-state index >= 15 is 0 Å². The van der Waals surface area contributed by atoms with Gasteiger partial charge in [0.1, 0.15) is 11.5 Å². The molecule has 0 fully saturated rings. The minimum absolute atomic E-state index is 0.754. The van der Waals surface area contributed by atoms with Crippen molar-refractivity contribution in [2.75, 3.05) is 13.2 Å². The van der Waals surface area contributed by atoms with Crippen LogP contribution < -0.4 is 9.47 Å². The van der Waals surface area contributed by atoms with Crippen molar-refractivity contribution in [3.8, 4) is 11.5 Å². The molecule has 2 aromatic heterocycles. The van der Waals surface area contributed by atoms with Crippen molar-refractivity contribution in [3.63, 3.8) is 0 Å². The molecule has 152 valence electrons. The summed E-state index contributed by atoms with van der Waals surface area (Å²) in [6, 6.07) is 12.3. The molecule has 0 aliphatic rings. The monoisotopic (exact) mass is 444 g/mol. The van der Waals surface area contributed by atoms with Gasteiger partial charge in [-0.2, -0.15) is 0 Å². The number of thiazole rings is 2. The second kappa shape index (κ2) is 9.78. The molecule has 0 atom stereocenters. The fraction of sp³-hybridized carbons (Fsp3) is 0.364. The van der Waals surface area contributed by atoms with Crippen LogP contribution in [0.25, 0.3) is 20.4 Å². The van der Waals surface area contributed by atoms with E-state index in [2.05, 4.69) is 26.0 Å². The van der Waals surface area contributed by atoms with Crippen molar-refractivity contribution in [1.82, 2.24) is 9.97 Å². The summed E-state index contributed by atoms with van der Waals surface area (Å²) in [5.41, 5.74) is 1.97. The number of aromatic nitrogens is 2. The number of fused-ring (bicyclic) bond motifs is 2. The van der Waals surface area contributed by atoms with E-state index in [4.69, 9.17) is 19.4 Å². The third-order valence-corrected chi connectivity index (χ3v) is 7.58. The number of nitrogens with zero attached hydrogens (tertiary/aromatic N) is 2. The summed E-state index contributed by atoms with van der Waals surface area (Å²) in [7, 11) is 0. The number of benzene rings is 2. The van der Waals surface area contributed by atoms with Crippen LogP contribution in [0.2, 0.25) is 0 Å². The standard InChI is InChI=1S/C22H24N2O2S3/c1-3-5-11-25-15-7-9-19-17(13-15)23-21(27-19)29-22-24-18-14-16(26-12-6-4-2)8-10-20(18)28-22/h7-10,13-14H,3-6,11-12H2,1-2H3. The first-order valence-electron chi connectivity index (χ1n) is 10.00. The Morgan fingerprint density at radius 2 is 1.24 bits per heavy atom. The zero-order valence-corrected chi connectivity index (χ0v) is 19.1. The molecule has 0 aliphatic carbocycles. The second-order valence-corrected chi connectivity index (χ2v) is 10.3. The zero-order valence-electron chi connectivity index (χ0n) is 16.6. The van der Waals surface area contributed by atoms with E-state index in [0.29, 0.717) is 0 Å². The second-order valence-electron chi connectivity index (χ2n) is 6.72. The molecule has 0 saturated heterocycles. The molecule has 0 saturated carbocycles. The normalized spacial score (nSPS) is 11.4. The summed E-state index contributed by atoms with van der Waals surface area (Å²) in [5.74, 6) is 1.78. The molecular formula is C22H24N2O2S3. The number of unbranched alkanes of at least 4 members (excludes halogenated alkanes) is 2. The van der Waals surface area contributed by atoms with Gasteiger partial charge in [0, 0.05) is 12.1 Å². The van der Waals surface area contributed by atoms with Gasteiger partial charge in [0.15, 0.2) is 8.68 Å². The molecule has 0 unspecified atom stereocenters. The Hall–Kier alpha value is -1.83. The third-order valence-electron chi connectivity index (χ3n) is 4.39. The largest absolute Gasteiger partial charge is 0.494 e. The van der Waals surface area contributed by atoms with Crippen LogP contribution in [0.3, 0.4) is 0 Å². The summed E-state index contributed by atoms with van der Waals surface area (Å²) in [4.78, 5) is 9.56. The van der Waals surface area contributed by atoms with Gasteiger partial charge in [-0.25, -0.2) is 9.97 Å². The molecule has 0 spiro atoms. The first-order chi connectivity index (χ1) is 14.2. The molecule has 2 heterocycles. The van der Waals surface area contributed by atoms with Gasteiger partial charge in [-0.3, -0.25) is 0 Å². The van der Waals surface area contributed by atoms with Crippen LogP contribution >= 0.6 is 34.4 Å². The molecule has 4 nitrogen and oxygen atoms in total. The molecule has 0 N–H and O–H groups in total. The van der Waals surface area contributed by atoms with Crippen LogP contribution in [-0.2, 0) is 0 Å². The first-order valence-corrected chi connectivity index (χ1v) is 12.4. The lowest BCUT2D eigenvalue weighted by Crippen LogP contribution is -1.95. The topological polar surface area (TPSA) is 44.2 Å². The smallest absolute Gasteiger partial charge is 0.158 e. The van der Waals surface area contributed by atoms with Crippen molar-refractivity contribution in [3.05, 3.63) is 36.4 Å². The van der Waals surface area contributed by atoms with Gasteiger partial charge < -0.3 is 9.47 Å². The number of ether oxygens (including phenoxy) is 2. The quantitative estimate of drug-likeness (QED) is 0.238. The highest BCUT2D eigenvalue weighted by Gasteiger charge is 2.11. The average molecular weight is 445 g/mol. The van der Waals surface area contributed by atoms with E-state index < -0.39 is 0 Å². The van der Waals surface area contributed by atoms with Crippen LogP contribution in [-0.4, -0.2) is 23.2 Å². The maximum atomic E-state index is 5.80. The number of rotatable bonds is 10. The zero-order chi connectivity index (χ0) is 20.1. The average Bonchev–Trinajstić information content (AvgIpc) is 3.30. The number of hydrogen-bond acceptors (Lipinski definition) is 7. The summed E-state index contributed by atoms with van der Waals surface area (Å²) >= 11 is 5.02. The maximum absolute atomic E-state index is 5.80. The Balaban J connectivity index is 1.47. The Labute approximate surface area is 183 Å². The fourth-order valence-electron chi connectivity index (χ4n) is 2.78. The van der Waals surface area contributed by atoms with Crippen LogP contribution in [0.4, 0.5) is 0 Å². The van der Waals surface area contributed by atoms with Gasteiger partial charge in [0.05, 0.1) is 33.6 Å². The summed E-state index contributed by atoms with van der Waals surface area (Å²) in [6.07, 6.45) is 4.40. The van der Waals surface area contributed by atoms with Gasteiger partial charge in [0.2, 0.25) is 0 Å². The number of hydrogen-bond donors (Lipinski definition) is 0. The van der Waals surface area contributed by atoms with Gasteiger partial charge >= 0.3 is 0 Å². The van der Waals surface area contributed by atoms with Gasteiger partial charge in [-0.15, -0.1) is 22.7 Å². The predicted octanol–water partition coefficient (Wildman–Crippen LogP) is 7.42. The van der Waals surface area contributed by atoms with Gasteiger partial charge in [-0.05, 0) is 48.9 Å². The molecule has 0 radical (unpaired) electrons. The minimum atomic E-state index is 0.754. The minimum Gasteiger partial charge on any atom is -0.494 e. The van der Waals surface area contributed by atoms with Gasteiger partial charge in [0.25, 0.3) is 0 Å². The molecule has 2 aromatic carbocycles. The lowest BCUT2D eigenvalue weighted by Gasteiger charge is -2.04. The molecule has 4 aromatic rings. The van der Waals surface area contributed by atoms with Crippen molar-refractivity contribution in [2.45, 2.75) is 48.2 Å². The molecule has 4 rings (SSSR count). The van der Waals surface area contributed by atoms with E-state index in [0.717, 1.165) is 70.1 Å². The van der Waals surface area contributed by atoms with Crippen molar-refractivity contribution < 1.29 is 9.47 Å². The maximum Gasteiger partial charge on any atom is 0.158 e. The Kier molecular flexibility index (Phi) is 6.90. The predicted molar refractivity (Wildman–Crippen MR) is 124 cm³/mol. The van der Waals surface area contributed by atoms with Crippen LogP contribution in [0.1, 0.15) is 39.5 Å². The lowest BCUT2D eigenvalue weighted by atomic mass is 10.3. The molecule has 29 heavy (non-hydrogen) atoms.